The Bertz CT molecular complexity index is 512. The van der Waals surface area contributed by atoms with Gasteiger partial charge in [0.25, 0.3) is 0 Å². The molecule has 1 heterocycles. The second kappa shape index (κ2) is 4.72. The van der Waals surface area contributed by atoms with Crippen molar-refractivity contribution < 1.29 is 0 Å². The SMILES string of the molecule is Cc1cc(C)n(-c2cccc(CC(C)N)c2)n1. The van der Waals surface area contributed by atoms with Gasteiger partial charge < -0.3 is 5.73 Å². The van der Waals surface area contributed by atoms with Crippen molar-refractivity contribution >= 4 is 0 Å². The highest BCUT2D eigenvalue weighted by Crippen LogP contribution is 2.14. The maximum atomic E-state index is 5.82. The number of nitrogens with two attached hydrogens (primary N) is 1. The van der Waals surface area contributed by atoms with Gasteiger partial charge in [-0.3, -0.25) is 0 Å². The maximum absolute atomic E-state index is 5.82. The van der Waals surface area contributed by atoms with Gasteiger partial charge in [0.1, 0.15) is 0 Å². The average Bonchev–Trinajstić information content (AvgIpc) is 2.57. The van der Waals surface area contributed by atoms with Crippen molar-refractivity contribution in [2.45, 2.75) is 33.2 Å². The van der Waals surface area contributed by atoms with Crippen LogP contribution in [0.5, 0.6) is 0 Å². The minimum Gasteiger partial charge on any atom is -0.328 e. The topological polar surface area (TPSA) is 43.8 Å². The molecular weight excluding hydrogens is 210 g/mol. The van der Waals surface area contributed by atoms with Crippen molar-refractivity contribution in [3.8, 4) is 5.69 Å². The Morgan fingerprint density at radius 2 is 2.06 bits per heavy atom. The van der Waals surface area contributed by atoms with E-state index in [4.69, 9.17) is 5.73 Å². The van der Waals surface area contributed by atoms with Crippen LogP contribution in [0, 0.1) is 13.8 Å². The predicted octanol–water partition coefficient (Wildman–Crippen LogP) is 2.38. The first-order valence-corrected chi connectivity index (χ1v) is 5.94. The van der Waals surface area contributed by atoms with Crippen LogP contribution in [0.2, 0.25) is 0 Å². The number of rotatable bonds is 3. The van der Waals surface area contributed by atoms with E-state index in [1.807, 2.05) is 18.5 Å². The van der Waals surface area contributed by atoms with Gasteiger partial charge in [0.05, 0.1) is 11.4 Å². The van der Waals surface area contributed by atoms with Crippen LogP contribution in [-0.4, -0.2) is 15.8 Å². The Morgan fingerprint density at radius 3 is 2.65 bits per heavy atom. The molecule has 0 saturated carbocycles. The van der Waals surface area contributed by atoms with E-state index in [0.29, 0.717) is 0 Å². The second-order valence-corrected chi connectivity index (χ2v) is 4.69. The summed E-state index contributed by atoms with van der Waals surface area (Å²) in [5.41, 5.74) is 10.4. The minimum atomic E-state index is 0.186. The van der Waals surface area contributed by atoms with Crippen molar-refractivity contribution in [3.63, 3.8) is 0 Å². The third-order valence-electron chi connectivity index (χ3n) is 2.72. The third kappa shape index (κ3) is 2.74. The molecule has 3 heteroatoms. The zero-order valence-corrected chi connectivity index (χ0v) is 10.6. The zero-order valence-electron chi connectivity index (χ0n) is 10.6. The molecule has 1 atom stereocenters. The van der Waals surface area contributed by atoms with E-state index in [9.17, 15) is 0 Å². The summed E-state index contributed by atoms with van der Waals surface area (Å²) in [6.07, 6.45) is 0.896. The highest BCUT2D eigenvalue weighted by atomic mass is 15.3. The largest absolute Gasteiger partial charge is 0.328 e. The molecule has 2 aromatic rings. The van der Waals surface area contributed by atoms with Crippen molar-refractivity contribution in [1.82, 2.24) is 9.78 Å². The smallest absolute Gasteiger partial charge is 0.0651 e. The monoisotopic (exact) mass is 229 g/mol. The molecule has 1 aromatic carbocycles. The molecule has 0 aliphatic heterocycles. The molecule has 2 N–H and O–H groups in total. The van der Waals surface area contributed by atoms with E-state index >= 15 is 0 Å². The maximum Gasteiger partial charge on any atom is 0.0651 e. The molecule has 0 fully saturated rings. The normalized spacial score (nSPS) is 12.7. The van der Waals surface area contributed by atoms with Gasteiger partial charge in [-0.15, -0.1) is 0 Å². The molecule has 1 unspecified atom stereocenters. The van der Waals surface area contributed by atoms with Crippen molar-refractivity contribution in [2.24, 2.45) is 5.73 Å². The van der Waals surface area contributed by atoms with Crippen LogP contribution >= 0.6 is 0 Å². The fourth-order valence-electron chi connectivity index (χ4n) is 2.08. The second-order valence-electron chi connectivity index (χ2n) is 4.69. The Labute approximate surface area is 102 Å². The van der Waals surface area contributed by atoms with Gasteiger partial charge in [0, 0.05) is 11.7 Å². The predicted molar refractivity (Wildman–Crippen MR) is 70.4 cm³/mol. The molecule has 0 amide bonds. The van der Waals surface area contributed by atoms with Crippen molar-refractivity contribution in [3.05, 3.63) is 47.3 Å². The summed E-state index contributed by atoms with van der Waals surface area (Å²) in [6.45, 7) is 6.10. The Balaban J connectivity index is 2.36. The van der Waals surface area contributed by atoms with E-state index in [1.165, 1.54) is 5.56 Å². The van der Waals surface area contributed by atoms with Crippen molar-refractivity contribution in [1.29, 1.82) is 0 Å². The molecular formula is C14H19N3. The molecule has 1 aromatic heterocycles. The van der Waals surface area contributed by atoms with E-state index in [2.05, 4.69) is 42.4 Å². The van der Waals surface area contributed by atoms with Crippen molar-refractivity contribution in [2.75, 3.05) is 0 Å². The van der Waals surface area contributed by atoms with Crippen LogP contribution in [0.15, 0.2) is 30.3 Å². The van der Waals surface area contributed by atoms with E-state index in [0.717, 1.165) is 23.5 Å². The molecule has 2 rings (SSSR count). The number of nitrogens with zero attached hydrogens (tertiary/aromatic N) is 2. The van der Waals surface area contributed by atoms with Gasteiger partial charge in [-0.05, 0) is 51.0 Å². The van der Waals surface area contributed by atoms with Crippen LogP contribution in [-0.2, 0) is 6.42 Å². The summed E-state index contributed by atoms with van der Waals surface area (Å²) in [5, 5.41) is 4.49. The van der Waals surface area contributed by atoms with Gasteiger partial charge in [-0.1, -0.05) is 12.1 Å². The van der Waals surface area contributed by atoms with Crippen LogP contribution in [0.1, 0.15) is 23.9 Å². The highest BCUT2D eigenvalue weighted by molar-refractivity contribution is 5.37. The summed E-state index contributed by atoms with van der Waals surface area (Å²) in [7, 11) is 0. The van der Waals surface area contributed by atoms with Crippen LogP contribution < -0.4 is 5.73 Å². The van der Waals surface area contributed by atoms with Crippen LogP contribution in [0.4, 0.5) is 0 Å². The molecule has 0 bridgehead atoms. The van der Waals surface area contributed by atoms with Gasteiger partial charge in [-0.25, -0.2) is 4.68 Å². The van der Waals surface area contributed by atoms with Gasteiger partial charge in [0.15, 0.2) is 0 Å². The molecule has 0 aliphatic rings. The Morgan fingerprint density at radius 1 is 1.29 bits per heavy atom. The number of hydrogen-bond acceptors (Lipinski definition) is 2. The third-order valence-corrected chi connectivity index (χ3v) is 2.72. The van der Waals surface area contributed by atoms with Crippen LogP contribution in [0.25, 0.3) is 5.69 Å². The molecule has 0 spiro atoms. The lowest BCUT2D eigenvalue weighted by Gasteiger charge is -2.09. The first-order chi connectivity index (χ1) is 8.06. The molecule has 3 nitrogen and oxygen atoms in total. The lowest BCUT2D eigenvalue weighted by atomic mass is 10.1. The van der Waals surface area contributed by atoms with Gasteiger partial charge in [-0.2, -0.15) is 5.10 Å². The van der Waals surface area contributed by atoms with Crippen LogP contribution in [0.3, 0.4) is 0 Å². The number of aryl methyl sites for hydroxylation is 2. The molecule has 17 heavy (non-hydrogen) atoms. The minimum absolute atomic E-state index is 0.186. The fraction of sp³-hybridized carbons (Fsp3) is 0.357. The summed E-state index contributed by atoms with van der Waals surface area (Å²) in [4.78, 5) is 0. The first-order valence-electron chi connectivity index (χ1n) is 5.94. The summed E-state index contributed by atoms with van der Waals surface area (Å²) in [6, 6.07) is 10.7. The quantitative estimate of drug-likeness (QED) is 0.878. The fourth-order valence-corrected chi connectivity index (χ4v) is 2.08. The Kier molecular flexibility index (Phi) is 3.29. The zero-order chi connectivity index (χ0) is 12.4. The number of benzene rings is 1. The molecule has 0 saturated heterocycles. The van der Waals surface area contributed by atoms with Gasteiger partial charge in [0.2, 0.25) is 0 Å². The lowest BCUT2D eigenvalue weighted by Crippen LogP contribution is -2.17. The van der Waals surface area contributed by atoms with E-state index in [-0.39, 0.29) is 6.04 Å². The summed E-state index contributed by atoms with van der Waals surface area (Å²) in [5.74, 6) is 0. The summed E-state index contributed by atoms with van der Waals surface area (Å²) >= 11 is 0. The van der Waals surface area contributed by atoms with E-state index in [1.54, 1.807) is 0 Å². The highest BCUT2D eigenvalue weighted by Gasteiger charge is 2.05. The van der Waals surface area contributed by atoms with Gasteiger partial charge >= 0.3 is 0 Å². The molecule has 90 valence electrons. The number of hydrogen-bond donors (Lipinski definition) is 1. The van der Waals surface area contributed by atoms with E-state index < -0.39 is 0 Å². The molecule has 0 radical (unpaired) electrons. The number of aromatic nitrogens is 2. The lowest BCUT2D eigenvalue weighted by molar-refractivity contribution is 0.736. The molecule has 0 aliphatic carbocycles. The average molecular weight is 229 g/mol. The first kappa shape index (κ1) is 11.9. The summed E-state index contributed by atoms with van der Waals surface area (Å²) < 4.78 is 1.97. The Hall–Kier alpha value is -1.61. The standard InChI is InChI=1S/C14H19N3/c1-10(15)7-13-5-4-6-14(9-13)17-12(3)8-11(2)16-17/h4-6,8-10H,7,15H2,1-3H3.